The summed E-state index contributed by atoms with van der Waals surface area (Å²) >= 11 is 0. The van der Waals surface area contributed by atoms with Crippen LogP contribution in [-0.2, 0) is 28.6 Å². The van der Waals surface area contributed by atoms with E-state index in [1.807, 2.05) is 6.08 Å². The average Bonchev–Trinajstić information content (AvgIpc) is 3.49. The predicted octanol–water partition coefficient (Wildman–Crippen LogP) is 23.9. The Morgan fingerprint density at radius 2 is 0.518 bits per heavy atom. The molecule has 83 heavy (non-hydrogen) atoms. The van der Waals surface area contributed by atoms with Gasteiger partial charge in [0.2, 0.25) is 0 Å². The fourth-order valence-corrected chi connectivity index (χ4v) is 9.32. The Kier molecular flexibility index (Phi) is 65.8. The molecular weight excluding hydrogens is 1020 g/mol. The minimum Gasteiger partial charge on any atom is -0.462 e. The van der Waals surface area contributed by atoms with Gasteiger partial charge in [0.1, 0.15) is 13.2 Å². The van der Waals surface area contributed by atoms with E-state index in [0.717, 1.165) is 122 Å². The maximum Gasteiger partial charge on any atom is 0.309 e. The molecule has 0 saturated carbocycles. The van der Waals surface area contributed by atoms with E-state index in [4.69, 9.17) is 14.2 Å². The smallest absolute Gasteiger partial charge is 0.309 e. The predicted molar refractivity (Wildman–Crippen MR) is 362 cm³/mol. The molecule has 0 bridgehead atoms. The Morgan fingerprint density at radius 3 is 0.843 bits per heavy atom. The summed E-state index contributed by atoms with van der Waals surface area (Å²) in [6.07, 6.45) is 100. The highest BCUT2D eigenvalue weighted by Gasteiger charge is 2.19. The third kappa shape index (κ3) is 68.0. The van der Waals surface area contributed by atoms with Crippen molar-refractivity contribution < 1.29 is 28.6 Å². The summed E-state index contributed by atoms with van der Waals surface area (Å²) in [6.45, 7) is 6.34. The molecule has 0 aromatic rings. The second-order valence-electron chi connectivity index (χ2n) is 22.3. The number of carbonyl (C=O) groups is 3. The van der Waals surface area contributed by atoms with E-state index >= 15 is 0 Å². The summed E-state index contributed by atoms with van der Waals surface area (Å²) in [5.74, 6) is -1.05. The maximum atomic E-state index is 12.9. The minimum atomic E-state index is -0.829. The van der Waals surface area contributed by atoms with Crippen LogP contribution in [0.3, 0.4) is 0 Å². The molecule has 6 heteroatoms. The zero-order chi connectivity index (χ0) is 59.9. The van der Waals surface area contributed by atoms with Crippen LogP contribution in [0.1, 0.15) is 303 Å². The molecule has 0 saturated heterocycles. The highest BCUT2D eigenvalue weighted by molar-refractivity contribution is 5.72. The van der Waals surface area contributed by atoms with Gasteiger partial charge in [-0.3, -0.25) is 14.4 Å². The molecule has 0 fully saturated rings. The lowest BCUT2D eigenvalue weighted by molar-refractivity contribution is -0.166. The van der Waals surface area contributed by atoms with Gasteiger partial charge >= 0.3 is 17.9 Å². The van der Waals surface area contributed by atoms with Gasteiger partial charge in [0.25, 0.3) is 0 Å². The standard InChI is InChI=1S/C77H126O6/c1-4-7-10-13-16-19-22-25-28-30-32-34-35-36-37-38-39-40-41-43-44-46-49-52-55-58-61-64-67-70-76(79)82-73-74(72-81-75(78)69-66-63-60-57-54-51-48-27-24-21-18-15-12-9-6-3)83-77(80)71-68-65-62-59-56-53-50-47-45-42-33-31-29-26-23-20-17-14-11-8-5-2/h7,9-10,12,16,18-19,21,25,27-28,32,34,36-37,39-40,43-44,48,54,57,63,66,74H,4-6,8,11,13-15,17,20,22-24,26,29-31,33,35,38,41-42,45-47,49-53,55-56,58-62,64-65,67-73H2,1-3H3/b10-7-,12-9-,19-16-,21-18-,28-25-,34-32-,37-36-,40-39-,44-43-,48-27-,57-54-,66-63-. The Bertz CT molecular complexity index is 1800. The number of rotatable bonds is 61. The van der Waals surface area contributed by atoms with Crippen molar-refractivity contribution in [3.8, 4) is 0 Å². The van der Waals surface area contributed by atoms with Gasteiger partial charge in [-0.1, -0.05) is 327 Å². The number of allylic oxidation sites excluding steroid dienone is 23. The largest absolute Gasteiger partial charge is 0.462 e. The molecule has 470 valence electrons. The third-order valence-electron chi connectivity index (χ3n) is 14.4. The lowest BCUT2D eigenvalue weighted by Crippen LogP contribution is -2.30. The van der Waals surface area contributed by atoms with Crippen LogP contribution in [0.2, 0.25) is 0 Å². The topological polar surface area (TPSA) is 78.9 Å². The average molecular weight is 1150 g/mol. The molecule has 0 heterocycles. The van der Waals surface area contributed by atoms with Crippen molar-refractivity contribution in [2.45, 2.75) is 309 Å². The Morgan fingerprint density at radius 1 is 0.265 bits per heavy atom. The summed E-state index contributed by atoms with van der Waals surface area (Å²) in [6, 6.07) is 0. The molecule has 6 nitrogen and oxygen atoms in total. The van der Waals surface area contributed by atoms with E-state index < -0.39 is 12.1 Å². The number of esters is 3. The monoisotopic (exact) mass is 1150 g/mol. The second-order valence-corrected chi connectivity index (χ2v) is 22.3. The summed E-state index contributed by atoms with van der Waals surface area (Å²) in [5.41, 5.74) is 0. The second kappa shape index (κ2) is 69.8. The quantitative estimate of drug-likeness (QED) is 0.0261. The van der Waals surface area contributed by atoms with Crippen LogP contribution in [0.4, 0.5) is 0 Å². The first-order chi connectivity index (χ1) is 41.0. The van der Waals surface area contributed by atoms with E-state index in [1.54, 1.807) is 6.08 Å². The zero-order valence-corrected chi connectivity index (χ0v) is 53.9. The van der Waals surface area contributed by atoms with Crippen LogP contribution >= 0.6 is 0 Å². The molecule has 1 atom stereocenters. The number of ether oxygens (including phenoxy) is 3. The van der Waals surface area contributed by atoms with Crippen molar-refractivity contribution in [1.29, 1.82) is 0 Å². The van der Waals surface area contributed by atoms with E-state index in [9.17, 15) is 14.4 Å². The van der Waals surface area contributed by atoms with Gasteiger partial charge in [0.15, 0.2) is 6.10 Å². The minimum absolute atomic E-state index is 0.116. The van der Waals surface area contributed by atoms with Crippen molar-refractivity contribution in [1.82, 2.24) is 0 Å². The Hall–Kier alpha value is -4.71. The number of hydrogen-bond donors (Lipinski definition) is 0. The van der Waals surface area contributed by atoms with Gasteiger partial charge in [-0.05, 0) is 103 Å². The van der Waals surface area contributed by atoms with Crippen molar-refractivity contribution in [2.24, 2.45) is 0 Å². The molecule has 0 N–H and O–H groups in total. The van der Waals surface area contributed by atoms with E-state index in [-0.39, 0.29) is 31.6 Å². The molecule has 0 amide bonds. The van der Waals surface area contributed by atoms with E-state index in [1.165, 1.54) is 141 Å². The van der Waals surface area contributed by atoms with Crippen LogP contribution in [0, 0.1) is 0 Å². The SMILES string of the molecule is CC/C=C\C/C=C\C/C=C\C/C=C\C/C=C\C/C=C\C/C=C\CCCCCCCCCC(=O)OCC(COC(=O)C/C=C\C/C=C\C/C=C\C/C=C\C/C=C\CC)OC(=O)CCCCCCCCCCCCCCCCCCCCCCC. The van der Waals surface area contributed by atoms with Crippen LogP contribution in [0.15, 0.2) is 146 Å². The van der Waals surface area contributed by atoms with Gasteiger partial charge in [-0.2, -0.15) is 0 Å². The molecule has 0 rings (SSSR count). The first-order valence-corrected chi connectivity index (χ1v) is 34.3. The first-order valence-electron chi connectivity index (χ1n) is 34.3. The van der Waals surface area contributed by atoms with Gasteiger partial charge in [-0.25, -0.2) is 0 Å². The molecule has 0 aliphatic rings. The van der Waals surface area contributed by atoms with E-state index in [2.05, 4.69) is 154 Å². The fourth-order valence-electron chi connectivity index (χ4n) is 9.32. The van der Waals surface area contributed by atoms with Gasteiger partial charge in [0, 0.05) is 12.8 Å². The molecule has 0 aromatic carbocycles. The maximum absolute atomic E-state index is 12.9. The molecule has 1 unspecified atom stereocenters. The van der Waals surface area contributed by atoms with Crippen molar-refractivity contribution >= 4 is 17.9 Å². The lowest BCUT2D eigenvalue weighted by Gasteiger charge is -2.18. The van der Waals surface area contributed by atoms with Crippen molar-refractivity contribution in [3.05, 3.63) is 146 Å². The Balaban J connectivity index is 4.42. The Labute approximate surface area is 512 Å². The molecule has 0 spiro atoms. The normalized spacial score (nSPS) is 13.0. The summed E-state index contributed by atoms with van der Waals surface area (Å²) in [7, 11) is 0. The van der Waals surface area contributed by atoms with Gasteiger partial charge in [-0.15, -0.1) is 0 Å². The van der Waals surface area contributed by atoms with Crippen LogP contribution in [-0.4, -0.2) is 37.2 Å². The highest BCUT2D eigenvalue weighted by Crippen LogP contribution is 2.17. The summed E-state index contributed by atoms with van der Waals surface area (Å²) < 4.78 is 16.8. The number of hydrogen-bond acceptors (Lipinski definition) is 6. The van der Waals surface area contributed by atoms with Crippen molar-refractivity contribution in [2.75, 3.05) is 13.2 Å². The molecule has 0 aliphatic heterocycles. The first kappa shape index (κ1) is 78.3. The number of unbranched alkanes of at least 4 members (excludes halogenated alkanes) is 27. The molecule has 0 radical (unpaired) electrons. The summed E-state index contributed by atoms with van der Waals surface area (Å²) in [4.78, 5) is 38.3. The highest BCUT2D eigenvalue weighted by atomic mass is 16.6. The van der Waals surface area contributed by atoms with Crippen molar-refractivity contribution in [3.63, 3.8) is 0 Å². The van der Waals surface area contributed by atoms with Gasteiger partial charge in [0.05, 0.1) is 6.42 Å². The summed E-state index contributed by atoms with van der Waals surface area (Å²) in [5, 5.41) is 0. The zero-order valence-electron chi connectivity index (χ0n) is 53.9. The molecule has 0 aliphatic carbocycles. The van der Waals surface area contributed by atoms with Crippen LogP contribution in [0.5, 0.6) is 0 Å². The van der Waals surface area contributed by atoms with Gasteiger partial charge < -0.3 is 14.2 Å². The van der Waals surface area contributed by atoms with E-state index in [0.29, 0.717) is 12.8 Å². The fraction of sp³-hybridized carbons (Fsp3) is 0.649. The number of carbonyl (C=O) groups excluding carboxylic acids is 3. The third-order valence-corrected chi connectivity index (χ3v) is 14.4. The van der Waals surface area contributed by atoms with Crippen LogP contribution < -0.4 is 0 Å². The molecular formula is C77H126O6. The van der Waals surface area contributed by atoms with Crippen LogP contribution in [0.25, 0.3) is 0 Å². The lowest BCUT2D eigenvalue weighted by atomic mass is 10.0. The molecule has 0 aromatic heterocycles.